The predicted molar refractivity (Wildman–Crippen MR) is 83.4 cm³/mol. The van der Waals surface area contributed by atoms with E-state index in [1.54, 1.807) is 24.3 Å². The number of carbonyl (C=O) groups is 1. The summed E-state index contributed by atoms with van der Waals surface area (Å²) >= 11 is 3.96. The highest BCUT2D eigenvalue weighted by molar-refractivity contribution is 9.10. The molecule has 2 rings (SSSR count). The molecule has 2 aromatic rings. The zero-order chi connectivity index (χ0) is 17.0. The van der Waals surface area contributed by atoms with Crippen molar-refractivity contribution in [2.24, 2.45) is 0 Å². The number of amides is 1. The molecule has 0 aliphatic carbocycles. The maximum absolute atomic E-state index is 12.6. The second kappa shape index (κ2) is 7.18. The number of hydrogen-bond donors (Lipinski definition) is 2. The average molecular weight is 408 g/mol. The summed E-state index contributed by atoms with van der Waals surface area (Å²) in [7, 11) is 0. The van der Waals surface area contributed by atoms with Crippen LogP contribution in [0.5, 0.6) is 0 Å². The number of hydrogen-bond acceptors (Lipinski definition) is 4. The van der Waals surface area contributed by atoms with Gasteiger partial charge in [0, 0.05) is 16.2 Å². The van der Waals surface area contributed by atoms with Crippen molar-refractivity contribution in [2.45, 2.75) is 11.3 Å². The van der Waals surface area contributed by atoms with Gasteiger partial charge >= 0.3 is 6.18 Å². The number of benzene rings is 1. The molecule has 1 heterocycles. The van der Waals surface area contributed by atoms with Crippen molar-refractivity contribution >= 4 is 39.3 Å². The fourth-order valence-electron chi connectivity index (χ4n) is 1.51. The second-order valence-electron chi connectivity index (χ2n) is 4.28. The highest BCUT2D eigenvalue weighted by Crippen LogP contribution is 2.27. The lowest BCUT2D eigenvalue weighted by Gasteiger charge is -2.07. The van der Waals surface area contributed by atoms with E-state index in [-0.39, 0.29) is 10.9 Å². The van der Waals surface area contributed by atoms with Crippen molar-refractivity contribution in [3.8, 4) is 0 Å². The van der Waals surface area contributed by atoms with E-state index in [4.69, 9.17) is 0 Å². The first-order valence-electron chi connectivity index (χ1n) is 6.11. The number of rotatable bonds is 4. The van der Waals surface area contributed by atoms with Gasteiger partial charge in [-0.15, -0.1) is 0 Å². The number of alkyl halides is 3. The molecule has 0 radical (unpaired) electrons. The van der Waals surface area contributed by atoms with Gasteiger partial charge in [-0.1, -0.05) is 27.7 Å². The van der Waals surface area contributed by atoms with Crippen LogP contribution in [-0.4, -0.2) is 21.6 Å². The van der Waals surface area contributed by atoms with E-state index in [1.165, 1.54) is 0 Å². The largest absolute Gasteiger partial charge is 0.433 e. The molecule has 0 aliphatic rings. The molecule has 0 spiro atoms. The van der Waals surface area contributed by atoms with Crippen molar-refractivity contribution < 1.29 is 18.0 Å². The number of nitrogens with zero attached hydrogens (tertiary/aromatic N) is 1. The fraction of sp³-hybridized carbons (Fsp3) is 0.154. The molecule has 10 heteroatoms. The second-order valence-corrected chi connectivity index (χ2v) is 6.16. The Morgan fingerprint density at radius 3 is 2.57 bits per heavy atom. The number of nitrogens with one attached hydrogen (secondary N) is 2. The van der Waals surface area contributed by atoms with E-state index in [2.05, 4.69) is 31.2 Å². The first-order chi connectivity index (χ1) is 10.7. The molecular formula is C13H9BrF3N3O2S. The highest BCUT2D eigenvalue weighted by Gasteiger charge is 2.33. The summed E-state index contributed by atoms with van der Waals surface area (Å²) in [6.45, 7) is 0. The molecule has 0 aliphatic heterocycles. The minimum absolute atomic E-state index is 0.194. The van der Waals surface area contributed by atoms with Crippen LogP contribution < -0.4 is 10.9 Å². The van der Waals surface area contributed by atoms with Gasteiger partial charge in [-0.05, 0) is 24.3 Å². The smallest absolute Gasteiger partial charge is 0.325 e. The van der Waals surface area contributed by atoms with Gasteiger partial charge in [0.1, 0.15) is 0 Å². The van der Waals surface area contributed by atoms with Crippen LogP contribution >= 0.6 is 27.7 Å². The summed E-state index contributed by atoms with van der Waals surface area (Å²) in [6, 6.07) is 7.16. The van der Waals surface area contributed by atoms with Crippen LogP contribution in [0.3, 0.4) is 0 Å². The summed E-state index contributed by atoms with van der Waals surface area (Å²) in [5, 5.41) is 2.31. The quantitative estimate of drug-likeness (QED) is 0.602. The van der Waals surface area contributed by atoms with Crippen LogP contribution in [0.1, 0.15) is 5.69 Å². The third kappa shape index (κ3) is 5.39. The minimum Gasteiger partial charge on any atom is -0.325 e. The SMILES string of the molecule is O=C(CSc1nc(C(F)(F)F)cc(=O)[nH]1)Nc1ccc(Br)cc1. The van der Waals surface area contributed by atoms with Gasteiger partial charge in [0.2, 0.25) is 5.91 Å². The first kappa shape index (κ1) is 17.5. The molecule has 0 saturated carbocycles. The van der Waals surface area contributed by atoms with E-state index in [0.29, 0.717) is 23.5 Å². The summed E-state index contributed by atoms with van der Waals surface area (Å²) in [5.74, 6) is -0.627. The molecule has 2 N–H and O–H groups in total. The molecule has 0 atom stereocenters. The van der Waals surface area contributed by atoms with Gasteiger partial charge in [0.05, 0.1) is 5.75 Å². The van der Waals surface area contributed by atoms with Crippen LogP contribution in [0.2, 0.25) is 0 Å². The molecule has 0 bridgehead atoms. The van der Waals surface area contributed by atoms with Crippen LogP contribution in [0.4, 0.5) is 18.9 Å². The maximum Gasteiger partial charge on any atom is 0.433 e. The van der Waals surface area contributed by atoms with Crippen LogP contribution in [0.25, 0.3) is 0 Å². The first-order valence-corrected chi connectivity index (χ1v) is 7.89. The average Bonchev–Trinajstić information content (AvgIpc) is 2.46. The molecule has 23 heavy (non-hydrogen) atoms. The molecule has 5 nitrogen and oxygen atoms in total. The third-order valence-electron chi connectivity index (χ3n) is 2.48. The number of carbonyl (C=O) groups excluding carboxylic acids is 1. The van der Waals surface area contributed by atoms with E-state index < -0.39 is 23.3 Å². The Balaban J connectivity index is 2.00. The number of halogens is 4. The molecule has 0 unspecified atom stereocenters. The molecule has 1 aromatic carbocycles. The van der Waals surface area contributed by atoms with E-state index >= 15 is 0 Å². The molecule has 1 aromatic heterocycles. The van der Waals surface area contributed by atoms with Crippen molar-refractivity contribution in [3.05, 3.63) is 50.9 Å². The van der Waals surface area contributed by atoms with Crippen molar-refractivity contribution in [2.75, 3.05) is 11.1 Å². The molecule has 0 saturated heterocycles. The lowest BCUT2D eigenvalue weighted by atomic mass is 10.3. The van der Waals surface area contributed by atoms with E-state index in [0.717, 1.165) is 4.47 Å². The third-order valence-corrected chi connectivity index (χ3v) is 3.88. The van der Waals surface area contributed by atoms with Crippen LogP contribution in [-0.2, 0) is 11.0 Å². The monoisotopic (exact) mass is 407 g/mol. The lowest BCUT2D eigenvalue weighted by molar-refractivity contribution is -0.141. The normalized spacial score (nSPS) is 11.3. The number of H-pyrrole nitrogens is 1. The number of anilines is 1. The Labute approximate surface area is 140 Å². The van der Waals surface area contributed by atoms with E-state index in [1.807, 2.05) is 0 Å². The standard InChI is InChI=1S/C13H9BrF3N3O2S/c14-7-1-3-8(4-2-7)18-11(22)6-23-12-19-9(13(15,16)17)5-10(21)20-12/h1-5H,6H2,(H,18,22)(H,19,20,21). The Morgan fingerprint density at radius 2 is 1.96 bits per heavy atom. The van der Waals surface area contributed by atoms with Gasteiger partial charge in [0.25, 0.3) is 5.56 Å². The summed E-state index contributed by atoms with van der Waals surface area (Å²) in [5.41, 5.74) is -1.68. The Kier molecular flexibility index (Phi) is 5.47. The number of thioether (sulfide) groups is 1. The number of aromatic nitrogens is 2. The predicted octanol–water partition coefficient (Wildman–Crippen LogP) is 3.28. The lowest BCUT2D eigenvalue weighted by Crippen LogP contribution is -2.18. The summed E-state index contributed by atoms with van der Waals surface area (Å²) in [6.07, 6.45) is -4.72. The summed E-state index contributed by atoms with van der Waals surface area (Å²) in [4.78, 5) is 28.4. The maximum atomic E-state index is 12.6. The fourth-order valence-corrected chi connectivity index (χ4v) is 2.45. The van der Waals surface area contributed by atoms with Gasteiger partial charge in [-0.25, -0.2) is 4.98 Å². The Morgan fingerprint density at radius 1 is 1.30 bits per heavy atom. The minimum atomic E-state index is -4.72. The highest BCUT2D eigenvalue weighted by atomic mass is 79.9. The van der Waals surface area contributed by atoms with Crippen molar-refractivity contribution in [1.29, 1.82) is 0 Å². The van der Waals surface area contributed by atoms with Gasteiger partial charge < -0.3 is 10.3 Å². The number of aromatic amines is 1. The van der Waals surface area contributed by atoms with Crippen LogP contribution in [0.15, 0.2) is 44.8 Å². The summed E-state index contributed by atoms with van der Waals surface area (Å²) < 4.78 is 38.5. The van der Waals surface area contributed by atoms with E-state index in [9.17, 15) is 22.8 Å². The zero-order valence-electron chi connectivity index (χ0n) is 11.3. The van der Waals surface area contributed by atoms with Crippen LogP contribution in [0, 0.1) is 0 Å². The Bertz CT molecular complexity index is 762. The molecule has 1 amide bonds. The molecular weight excluding hydrogens is 399 g/mol. The van der Waals surface area contributed by atoms with Gasteiger partial charge in [-0.3, -0.25) is 9.59 Å². The topological polar surface area (TPSA) is 74.8 Å². The van der Waals surface area contributed by atoms with Crippen molar-refractivity contribution in [1.82, 2.24) is 9.97 Å². The van der Waals surface area contributed by atoms with Crippen molar-refractivity contribution in [3.63, 3.8) is 0 Å². The molecule has 0 fully saturated rings. The molecule has 122 valence electrons. The van der Waals surface area contributed by atoms with Gasteiger partial charge in [-0.2, -0.15) is 13.2 Å². The van der Waals surface area contributed by atoms with Gasteiger partial charge in [0.15, 0.2) is 10.9 Å². The Hall–Kier alpha value is -1.81. The zero-order valence-corrected chi connectivity index (χ0v) is 13.7.